The van der Waals surface area contributed by atoms with E-state index in [1.54, 1.807) is 23.5 Å². The minimum absolute atomic E-state index is 0.0249. The lowest BCUT2D eigenvalue weighted by molar-refractivity contribution is -0.725. The number of nitro benzene ring substituents is 1. The Morgan fingerprint density at radius 2 is 1.79 bits per heavy atom. The van der Waals surface area contributed by atoms with E-state index in [9.17, 15) is 10.1 Å². The fraction of sp³-hybridized carbons (Fsp3) is 0.143. The van der Waals surface area contributed by atoms with E-state index in [-0.39, 0.29) is 17.8 Å². The standard InChI is InChI=1S/C21H18N4O3S/c1-14(22-19(18-8-5-13-29-18)15-6-3-2-4-7-15)20-23-24-21(28-20)16-9-11-17(12-10-16)25(26)27/h2-14,19,22H,1H3/p+1/t14-,19+/m0/s1. The van der Waals surface area contributed by atoms with Crippen LogP contribution in [0.5, 0.6) is 0 Å². The highest BCUT2D eigenvalue weighted by atomic mass is 32.1. The lowest BCUT2D eigenvalue weighted by atomic mass is 10.0. The highest BCUT2D eigenvalue weighted by molar-refractivity contribution is 7.10. The molecule has 2 N–H and O–H groups in total. The van der Waals surface area contributed by atoms with Crippen LogP contribution >= 0.6 is 11.3 Å². The van der Waals surface area contributed by atoms with Gasteiger partial charge in [-0.2, -0.15) is 0 Å². The van der Waals surface area contributed by atoms with Gasteiger partial charge in [-0.3, -0.25) is 10.1 Å². The maximum atomic E-state index is 10.8. The molecule has 0 fully saturated rings. The molecule has 29 heavy (non-hydrogen) atoms. The van der Waals surface area contributed by atoms with Gasteiger partial charge < -0.3 is 9.73 Å². The molecule has 0 aliphatic heterocycles. The van der Waals surface area contributed by atoms with Crippen molar-refractivity contribution in [2.45, 2.75) is 19.0 Å². The number of rotatable bonds is 7. The van der Waals surface area contributed by atoms with Crippen LogP contribution in [0.4, 0.5) is 5.69 Å². The van der Waals surface area contributed by atoms with E-state index in [4.69, 9.17) is 4.42 Å². The second-order valence-corrected chi connectivity index (χ2v) is 7.61. The van der Waals surface area contributed by atoms with Gasteiger partial charge in [0.2, 0.25) is 5.89 Å². The molecule has 0 amide bonds. The molecule has 4 rings (SSSR count). The molecule has 0 saturated carbocycles. The van der Waals surface area contributed by atoms with Gasteiger partial charge in [0.15, 0.2) is 6.04 Å². The normalized spacial score (nSPS) is 13.1. The molecule has 0 radical (unpaired) electrons. The molecule has 0 aliphatic carbocycles. The number of thiophene rings is 1. The molecule has 0 unspecified atom stereocenters. The average Bonchev–Trinajstić information content (AvgIpc) is 3.45. The summed E-state index contributed by atoms with van der Waals surface area (Å²) in [6.07, 6.45) is 0. The predicted molar refractivity (Wildman–Crippen MR) is 109 cm³/mol. The predicted octanol–water partition coefficient (Wildman–Crippen LogP) is 4.12. The van der Waals surface area contributed by atoms with Crippen molar-refractivity contribution < 1.29 is 14.7 Å². The lowest BCUT2D eigenvalue weighted by Crippen LogP contribution is -2.85. The van der Waals surface area contributed by atoms with Crippen molar-refractivity contribution in [2.24, 2.45) is 0 Å². The van der Waals surface area contributed by atoms with Crippen LogP contribution in [0.1, 0.15) is 35.3 Å². The van der Waals surface area contributed by atoms with Crippen molar-refractivity contribution in [1.82, 2.24) is 10.2 Å². The summed E-state index contributed by atoms with van der Waals surface area (Å²) in [4.78, 5) is 11.6. The summed E-state index contributed by atoms with van der Waals surface area (Å²) in [6.45, 7) is 2.02. The molecule has 8 heteroatoms. The molecule has 0 saturated heterocycles. The Morgan fingerprint density at radius 3 is 2.45 bits per heavy atom. The Labute approximate surface area is 171 Å². The highest BCUT2D eigenvalue weighted by Gasteiger charge is 2.25. The van der Waals surface area contributed by atoms with Crippen LogP contribution in [0.3, 0.4) is 0 Å². The third-order valence-corrected chi connectivity index (χ3v) is 5.60. The zero-order chi connectivity index (χ0) is 20.2. The van der Waals surface area contributed by atoms with Crippen LogP contribution in [0, 0.1) is 10.1 Å². The first kappa shape index (κ1) is 19.0. The number of non-ortho nitro benzene ring substituents is 1. The maximum Gasteiger partial charge on any atom is 0.274 e. The smallest absolute Gasteiger partial charge is 0.274 e. The second-order valence-electron chi connectivity index (χ2n) is 6.63. The Bertz CT molecular complexity index is 1080. The van der Waals surface area contributed by atoms with Gasteiger partial charge in [-0.25, -0.2) is 0 Å². The number of benzene rings is 2. The van der Waals surface area contributed by atoms with E-state index >= 15 is 0 Å². The average molecular weight is 407 g/mol. The molecule has 0 spiro atoms. The molecule has 7 nitrogen and oxygen atoms in total. The number of aromatic nitrogens is 2. The highest BCUT2D eigenvalue weighted by Crippen LogP contribution is 2.25. The van der Waals surface area contributed by atoms with Crippen LogP contribution in [-0.4, -0.2) is 15.1 Å². The van der Waals surface area contributed by atoms with E-state index in [1.807, 2.05) is 31.2 Å². The molecular weight excluding hydrogens is 388 g/mol. The molecule has 2 aromatic carbocycles. The molecule has 0 aliphatic rings. The number of hydrogen-bond acceptors (Lipinski definition) is 6. The van der Waals surface area contributed by atoms with Crippen LogP contribution < -0.4 is 5.32 Å². The van der Waals surface area contributed by atoms with Gasteiger partial charge in [0.1, 0.15) is 6.04 Å². The fourth-order valence-corrected chi connectivity index (χ4v) is 3.96. The molecule has 2 atom stereocenters. The number of hydrogen-bond donors (Lipinski definition) is 1. The maximum absolute atomic E-state index is 10.8. The number of nitrogens with two attached hydrogens (primary N) is 1. The Morgan fingerprint density at radius 1 is 1.03 bits per heavy atom. The summed E-state index contributed by atoms with van der Waals surface area (Å²) in [5.74, 6) is 0.860. The largest absolute Gasteiger partial charge is 0.415 e. The molecule has 0 bridgehead atoms. The van der Waals surface area contributed by atoms with Gasteiger partial charge >= 0.3 is 0 Å². The molecule has 4 aromatic rings. The number of nitro groups is 1. The van der Waals surface area contributed by atoms with Crippen molar-refractivity contribution in [2.75, 3.05) is 0 Å². The van der Waals surface area contributed by atoms with Crippen molar-refractivity contribution in [3.8, 4) is 11.5 Å². The van der Waals surface area contributed by atoms with E-state index in [2.05, 4.69) is 39.1 Å². The van der Waals surface area contributed by atoms with E-state index in [0.29, 0.717) is 17.3 Å². The minimum Gasteiger partial charge on any atom is -0.415 e. The SMILES string of the molecule is C[C@H]([NH2+][C@H](c1ccccc1)c1cccs1)c1nnc(-c2ccc([N+](=O)[O-])cc2)o1. The molecular formula is C21H19N4O3S+. The van der Waals surface area contributed by atoms with Crippen LogP contribution in [0.15, 0.2) is 76.5 Å². The lowest BCUT2D eigenvalue weighted by Gasteiger charge is -2.17. The monoisotopic (exact) mass is 407 g/mol. The van der Waals surface area contributed by atoms with Gasteiger partial charge in [0.25, 0.3) is 11.6 Å². The zero-order valence-electron chi connectivity index (χ0n) is 15.6. The first-order valence-electron chi connectivity index (χ1n) is 9.13. The van der Waals surface area contributed by atoms with Gasteiger partial charge in [0.05, 0.1) is 9.80 Å². The summed E-state index contributed by atoms with van der Waals surface area (Å²) in [7, 11) is 0. The second kappa shape index (κ2) is 8.34. The number of nitrogens with zero attached hydrogens (tertiary/aromatic N) is 3. The van der Waals surface area contributed by atoms with Gasteiger partial charge in [-0.1, -0.05) is 36.4 Å². The quantitative estimate of drug-likeness (QED) is 0.367. The van der Waals surface area contributed by atoms with E-state index < -0.39 is 4.92 Å². The van der Waals surface area contributed by atoms with Crippen molar-refractivity contribution in [3.63, 3.8) is 0 Å². The van der Waals surface area contributed by atoms with Gasteiger partial charge in [-0.05, 0) is 30.5 Å². The summed E-state index contributed by atoms with van der Waals surface area (Å²) in [5, 5.41) is 23.4. The fourth-order valence-electron chi connectivity index (χ4n) is 3.13. The Hall–Kier alpha value is -3.36. The first-order chi connectivity index (χ1) is 14.1. The third-order valence-electron chi connectivity index (χ3n) is 4.64. The molecule has 2 aromatic heterocycles. The van der Waals surface area contributed by atoms with Gasteiger partial charge in [-0.15, -0.1) is 21.5 Å². The summed E-state index contributed by atoms with van der Waals surface area (Å²) in [5.41, 5.74) is 1.88. The Kier molecular flexibility index (Phi) is 5.46. The summed E-state index contributed by atoms with van der Waals surface area (Å²) < 4.78 is 5.87. The van der Waals surface area contributed by atoms with E-state index in [1.165, 1.54) is 22.6 Å². The Balaban J connectivity index is 1.55. The topological polar surface area (TPSA) is 98.7 Å². The number of quaternary nitrogens is 1. The minimum atomic E-state index is -0.436. The van der Waals surface area contributed by atoms with Crippen molar-refractivity contribution in [1.29, 1.82) is 0 Å². The van der Waals surface area contributed by atoms with Crippen molar-refractivity contribution >= 4 is 17.0 Å². The molecule has 2 heterocycles. The third kappa shape index (κ3) is 4.23. The summed E-state index contributed by atoms with van der Waals surface area (Å²) >= 11 is 1.72. The van der Waals surface area contributed by atoms with Crippen LogP contribution in [0.25, 0.3) is 11.5 Å². The van der Waals surface area contributed by atoms with Gasteiger partial charge in [0, 0.05) is 23.3 Å². The summed E-state index contributed by atoms with van der Waals surface area (Å²) in [6, 6.07) is 20.6. The molecule has 146 valence electrons. The zero-order valence-corrected chi connectivity index (χ0v) is 16.5. The van der Waals surface area contributed by atoms with Crippen molar-refractivity contribution in [3.05, 3.63) is 98.6 Å². The van der Waals surface area contributed by atoms with Crippen LogP contribution in [0.2, 0.25) is 0 Å². The first-order valence-corrected chi connectivity index (χ1v) is 10.0. The van der Waals surface area contributed by atoms with E-state index in [0.717, 1.165) is 0 Å². The van der Waals surface area contributed by atoms with Crippen LogP contribution in [-0.2, 0) is 0 Å².